The van der Waals surface area contributed by atoms with Crippen molar-refractivity contribution in [2.75, 3.05) is 19.7 Å². The summed E-state index contributed by atoms with van der Waals surface area (Å²) < 4.78 is 5.79. The van der Waals surface area contributed by atoms with Crippen LogP contribution in [0.1, 0.15) is 65.9 Å². The molecule has 0 bridgehead atoms. The first-order chi connectivity index (χ1) is 13.3. The van der Waals surface area contributed by atoms with Gasteiger partial charge >= 0.3 is 0 Å². The van der Waals surface area contributed by atoms with Crippen molar-refractivity contribution in [3.8, 4) is 5.75 Å². The van der Waals surface area contributed by atoms with Gasteiger partial charge in [0.25, 0.3) is 0 Å². The first kappa shape index (κ1) is 22.5. The summed E-state index contributed by atoms with van der Waals surface area (Å²) in [6.07, 6.45) is 3.59. The van der Waals surface area contributed by atoms with Crippen LogP contribution in [-0.2, 0) is 5.41 Å². The molecule has 5 heteroatoms. The smallest absolute Gasteiger partial charge is 0.191 e. The number of aliphatic imine (C=N–C) groups is 1. The third kappa shape index (κ3) is 7.34. The molecule has 3 N–H and O–H groups in total. The topological polar surface area (TPSA) is 65.9 Å². The van der Waals surface area contributed by atoms with Gasteiger partial charge in [0.1, 0.15) is 5.75 Å². The fourth-order valence-electron chi connectivity index (χ4n) is 3.37. The van der Waals surface area contributed by atoms with Crippen molar-refractivity contribution in [3.63, 3.8) is 0 Å². The Labute approximate surface area is 171 Å². The molecular weight excluding hydrogens is 350 g/mol. The summed E-state index contributed by atoms with van der Waals surface area (Å²) in [5, 5.41) is 16.6. The Kier molecular flexibility index (Phi) is 8.61. The Morgan fingerprint density at radius 2 is 1.82 bits per heavy atom. The van der Waals surface area contributed by atoms with Crippen LogP contribution in [0.5, 0.6) is 5.75 Å². The molecule has 0 heterocycles. The van der Waals surface area contributed by atoms with Crippen molar-refractivity contribution in [2.45, 2.75) is 77.9 Å². The zero-order valence-electron chi connectivity index (χ0n) is 18.3. The van der Waals surface area contributed by atoms with Crippen molar-refractivity contribution < 1.29 is 9.84 Å². The van der Waals surface area contributed by atoms with E-state index in [0.29, 0.717) is 18.5 Å². The summed E-state index contributed by atoms with van der Waals surface area (Å²) in [4.78, 5) is 4.86. The van der Waals surface area contributed by atoms with Gasteiger partial charge in [0, 0.05) is 18.0 Å². The molecule has 0 atom stereocenters. The number of aliphatic hydroxyl groups excluding tert-OH is 1. The van der Waals surface area contributed by atoms with Crippen LogP contribution in [0.15, 0.2) is 29.3 Å². The molecule has 0 saturated heterocycles. The van der Waals surface area contributed by atoms with E-state index in [4.69, 9.17) is 9.73 Å². The molecule has 0 radical (unpaired) electrons. The second-order valence-electron chi connectivity index (χ2n) is 8.96. The lowest BCUT2D eigenvalue weighted by molar-refractivity contribution is 0.120. The molecule has 0 spiro atoms. The van der Waals surface area contributed by atoms with E-state index >= 15 is 0 Å². The summed E-state index contributed by atoms with van der Waals surface area (Å²) in [5.74, 6) is 2.31. The van der Waals surface area contributed by atoms with Crippen LogP contribution < -0.4 is 15.4 Å². The molecular formula is C23H39N3O2. The summed E-state index contributed by atoms with van der Waals surface area (Å²) in [7, 11) is 0. The van der Waals surface area contributed by atoms with Crippen LogP contribution in [0.2, 0.25) is 0 Å². The van der Waals surface area contributed by atoms with Crippen molar-refractivity contribution >= 4 is 5.96 Å². The van der Waals surface area contributed by atoms with Gasteiger partial charge in [-0.25, -0.2) is 0 Å². The lowest BCUT2D eigenvalue weighted by atomic mass is 9.85. The number of hydrogen-bond donors (Lipinski definition) is 3. The van der Waals surface area contributed by atoms with E-state index < -0.39 is 0 Å². The van der Waals surface area contributed by atoms with E-state index in [1.54, 1.807) is 0 Å². The lowest BCUT2D eigenvalue weighted by Crippen LogP contribution is -2.45. The minimum atomic E-state index is -0.135. The average Bonchev–Trinajstić information content (AvgIpc) is 2.67. The Morgan fingerprint density at radius 3 is 2.39 bits per heavy atom. The second kappa shape index (κ2) is 10.7. The van der Waals surface area contributed by atoms with Crippen LogP contribution in [0, 0.1) is 5.92 Å². The number of hydrogen-bond acceptors (Lipinski definition) is 3. The van der Waals surface area contributed by atoms with E-state index in [1.807, 2.05) is 0 Å². The summed E-state index contributed by atoms with van der Waals surface area (Å²) >= 11 is 0. The SMILES string of the molecule is CCNC(=NCC(C)(C)c1ccc(OCC(C)C)cc1)NC1CCC(O)CC1. The Bertz CT molecular complexity index is 603. The van der Waals surface area contributed by atoms with Crippen LogP contribution in [0.3, 0.4) is 0 Å². The zero-order valence-corrected chi connectivity index (χ0v) is 18.3. The fraction of sp³-hybridized carbons (Fsp3) is 0.696. The monoisotopic (exact) mass is 389 g/mol. The molecule has 0 aromatic heterocycles. The molecule has 0 aliphatic heterocycles. The predicted octanol–water partition coefficient (Wildman–Crippen LogP) is 3.86. The Morgan fingerprint density at radius 1 is 1.18 bits per heavy atom. The molecule has 0 unspecified atom stereocenters. The second-order valence-corrected chi connectivity index (χ2v) is 8.96. The van der Waals surface area contributed by atoms with Crippen molar-refractivity contribution in [1.29, 1.82) is 0 Å². The third-order valence-electron chi connectivity index (χ3n) is 5.23. The predicted molar refractivity (Wildman–Crippen MR) is 117 cm³/mol. The molecule has 1 saturated carbocycles. The third-order valence-corrected chi connectivity index (χ3v) is 5.23. The summed E-state index contributed by atoms with van der Waals surface area (Å²) in [5.41, 5.74) is 1.19. The normalized spacial score (nSPS) is 20.9. The van der Waals surface area contributed by atoms with Gasteiger partial charge in [0.2, 0.25) is 0 Å². The minimum absolute atomic E-state index is 0.0678. The lowest BCUT2D eigenvalue weighted by Gasteiger charge is -2.29. The molecule has 1 aromatic rings. The number of nitrogens with one attached hydrogen (secondary N) is 2. The van der Waals surface area contributed by atoms with Crippen molar-refractivity contribution in [2.24, 2.45) is 10.9 Å². The number of nitrogens with zero attached hydrogens (tertiary/aromatic N) is 1. The molecule has 1 fully saturated rings. The van der Waals surface area contributed by atoms with E-state index in [1.165, 1.54) is 5.56 Å². The van der Waals surface area contributed by atoms with E-state index in [0.717, 1.165) is 50.5 Å². The molecule has 0 amide bonds. The van der Waals surface area contributed by atoms with Gasteiger partial charge in [0.05, 0.1) is 19.3 Å². The van der Waals surface area contributed by atoms with Crippen molar-refractivity contribution in [3.05, 3.63) is 29.8 Å². The largest absolute Gasteiger partial charge is 0.493 e. The van der Waals surface area contributed by atoms with Crippen LogP contribution in [0.4, 0.5) is 0 Å². The van der Waals surface area contributed by atoms with Crippen LogP contribution >= 0.6 is 0 Å². The van der Waals surface area contributed by atoms with Crippen LogP contribution in [-0.4, -0.2) is 42.9 Å². The van der Waals surface area contributed by atoms with Gasteiger partial charge in [-0.15, -0.1) is 0 Å². The zero-order chi connectivity index (χ0) is 20.6. The van der Waals surface area contributed by atoms with Gasteiger partial charge in [-0.05, 0) is 56.2 Å². The van der Waals surface area contributed by atoms with Crippen molar-refractivity contribution in [1.82, 2.24) is 10.6 Å². The van der Waals surface area contributed by atoms with E-state index in [-0.39, 0.29) is 11.5 Å². The number of guanidine groups is 1. The molecule has 2 rings (SSSR count). The highest BCUT2D eigenvalue weighted by Gasteiger charge is 2.22. The number of benzene rings is 1. The number of aliphatic hydroxyl groups is 1. The summed E-state index contributed by atoms with van der Waals surface area (Å²) in [6.45, 7) is 13.1. The van der Waals surface area contributed by atoms with Gasteiger partial charge in [-0.2, -0.15) is 0 Å². The highest BCUT2D eigenvalue weighted by atomic mass is 16.5. The van der Waals surface area contributed by atoms with E-state index in [9.17, 15) is 5.11 Å². The molecule has 1 aliphatic rings. The average molecular weight is 390 g/mol. The Balaban J connectivity index is 1.97. The minimum Gasteiger partial charge on any atom is -0.493 e. The van der Waals surface area contributed by atoms with Gasteiger partial charge < -0.3 is 20.5 Å². The molecule has 5 nitrogen and oxygen atoms in total. The standard InChI is InChI=1S/C23H39N3O2/c1-6-24-22(26-19-9-11-20(27)12-10-19)25-16-23(4,5)18-7-13-21(14-8-18)28-15-17(2)3/h7-8,13-14,17,19-20,27H,6,9-12,15-16H2,1-5H3,(H2,24,25,26). The van der Waals surface area contributed by atoms with Gasteiger partial charge in [-0.3, -0.25) is 4.99 Å². The molecule has 1 aromatic carbocycles. The highest BCUT2D eigenvalue weighted by molar-refractivity contribution is 5.80. The first-order valence-corrected chi connectivity index (χ1v) is 10.8. The maximum atomic E-state index is 9.70. The first-order valence-electron chi connectivity index (χ1n) is 10.8. The molecule has 1 aliphatic carbocycles. The fourth-order valence-corrected chi connectivity index (χ4v) is 3.37. The highest BCUT2D eigenvalue weighted by Crippen LogP contribution is 2.26. The maximum absolute atomic E-state index is 9.70. The van der Waals surface area contributed by atoms with Crippen LogP contribution in [0.25, 0.3) is 0 Å². The summed E-state index contributed by atoms with van der Waals surface area (Å²) in [6, 6.07) is 8.80. The van der Waals surface area contributed by atoms with Gasteiger partial charge in [0.15, 0.2) is 5.96 Å². The number of ether oxygens (including phenoxy) is 1. The van der Waals surface area contributed by atoms with Gasteiger partial charge in [-0.1, -0.05) is 39.8 Å². The Hall–Kier alpha value is -1.75. The quantitative estimate of drug-likeness (QED) is 0.467. The maximum Gasteiger partial charge on any atom is 0.191 e. The van der Waals surface area contributed by atoms with E-state index in [2.05, 4.69) is 69.5 Å². The number of rotatable bonds is 8. The molecule has 158 valence electrons. The molecule has 28 heavy (non-hydrogen) atoms.